The number of hydrogen-bond donors (Lipinski definition) is 0. The van der Waals surface area contributed by atoms with Crippen LogP contribution >= 0.6 is 15.9 Å². The van der Waals surface area contributed by atoms with E-state index in [4.69, 9.17) is 0 Å². The second-order valence-electron chi connectivity index (χ2n) is 3.87. The molecule has 0 aromatic carbocycles. The number of carbonyl (C=O) groups excluding carboxylic acids is 1. The molecule has 0 radical (unpaired) electrons. The van der Waals surface area contributed by atoms with Crippen LogP contribution in [0.1, 0.15) is 39.5 Å². The Balaban J connectivity index is 2.57. The van der Waals surface area contributed by atoms with Gasteiger partial charge >= 0.3 is 0 Å². The summed E-state index contributed by atoms with van der Waals surface area (Å²) in [5.74, 6) is 0.302. The van der Waals surface area contributed by atoms with Crippen LogP contribution in [0.3, 0.4) is 0 Å². The van der Waals surface area contributed by atoms with Gasteiger partial charge in [-0.15, -0.1) is 0 Å². The topological polar surface area (TPSA) is 20.3 Å². The SMILES string of the molecule is C[C@@H]1CCC[C@H](C)N1C(=O)CCBr. The summed E-state index contributed by atoms with van der Waals surface area (Å²) in [6, 6.07) is 0.880. The molecule has 0 bridgehead atoms. The number of likely N-dealkylation sites (tertiary alicyclic amines) is 1. The molecule has 2 nitrogen and oxygen atoms in total. The monoisotopic (exact) mass is 247 g/mol. The van der Waals surface area contributed by atoms with Gasteiger partial charge in [0.05, 0.1) is 0 Å². The zero-order valence-electron chi connectivity index (χ0n) is 8.42. The van der Waals surface area contributed by atoms with E-state index in [2.05, 4.69) is 34.7 Å². The van der Waals surface area contributed by atoms with Gasteiger partial charge in [-0.2, -0.15) is 0 Å². The molecule has 1 heterocycles. The van der Waals surface area contributed by atoms with Gasteiger partial charge in [0.2, 0.25) is 5.91 Å². The van der Waals surface area contributed by atoms with Crippen molar-refractivity contribution < 1.29 is 4.79 Å². The van der Waals surface area contributed by atoms with Gasteiger partial charge in [-0.05, 0) is 33.1 Å². The van der Waals surface area contributed by atoms with Gasteiger partial charge in [0.25, 0.3) is 0 Å². The van der Waals surface area contributed by atoms with Crippen LogP contribution in [0.4, 0.5) is 0 Å². The Hall–Kier alpha value is -0.0500. The molecular weight excluding hydrogens is 230 g/mol. The standard InChI is InChI=1S/C10H18BrNO/c1-8-4-3-5-9(2)12(8)10(13)6-7-11/h8-9H,3-7H2,1-2H3/t8-,9+. The largest absolute Gasteiger partial charge is 0.337 e. The highest BCUT2D eigenvalue weighted by molar-refractivity contribution is 9.09. The first-order valence-electron chi connectivity index (χ1n) is 5.04. The van der Waals surface area contributed by atoms with E-state index in [1.165, 1.54) is 19.3 Å². The van der Waals surface area contributed by atoms with E-state index in [9.17, 15) is 4.79 Å². The van der Waals surface area contributed by atoms with Crippen molar-refractivity contribution in [2.24, 2.45) is 0 Å². The Labute approximate surface area is 88.8 Å². The van der Waals surface area contributed by atoms with Crippen molar-refractivity contribution in [2.75, 3.05) is 5.33 Å². The molecular formula is C10H18BrNO. The van der Waals surface area contributed by atoms with Gasteiger partial charge in [0.1, 0.15) is 0 Å². The third kappa shape index (κ3) is 2.70. The van der Waals surface area contributed by atoms with Crippen LogP contribution in [-0.4, -0.2) is 28.2 Å². The highest BCUT2D eigenvalue weighted by Gasteiger charge is 2.27. The van der Waals surface area contributed by atoms with E-state index in [1.54, 1.807) is 0 Å². The van der Waals surface area contributed by atoms with Crippen molar-refractivity contribution in [2.45, 2.75) is 51.6 Å². The maximum atomic E-state index is 11.7. The third-order valence-electron chi connectivity index (χ3n) is 2.79. The number of amides is 1. The average molecular weight is 248 g/mol. The molecule has 1 aliphatic rings. The first-order valence-corrected chi connectivity index (χ1v) is 6.16. The maximum absolute atomic E-state index is 11.7. The van der Waals surface area contributed by atoms with Crippen LogP contribution in [0.15, 0.2) is 0 Å². The van der Waals surface area contributed by atoms with E-state index in [0.29, 0.717) is 24.4 Å². The quantitative estimate of drug-likeness (QED) is 0.688. The smallest absolute Gasteiger partial charge is 0.223 e. The summed E-state index contributed by atoms with van der Waals surface area (Å²) >= 11 is 3.31. The molecule has 2 atom stereocenters. The van der Waals surface area contributed by atoms with Crippen molar-refractivity contribution in [3.05, 3.63) is 0 Å². The van der Waals surface area contributed by atoms with Gasteiger partial charge in [-0.3, -0.25) is 4.79 Å². The predicted octanol–water partition coefficient (Wildman–Crippen LogP) is 2.56. The molecule has 1 saturated heterocycles. The average Bonchev–Trinajstić information content (AvgIpc) is 2.04. The molecule has 0 aromatic rings. The number of carbonyl (C=O) groups is 1. The van der Waals surface area contributed by atoms with Crippen molar-refractivity contribution in [3.63, 3.8) is 0 Å². The van der Waals surface area contributed by atoms with Crippen LogP contribution in [-0.2, 0) is 4.79 Å². The van der Waals surface area contributed by atoms with E-state index in [-0.39, 0.29) is 0 Å². The van der Waals surface area contributed by atoms with Crippen molar-refractivity contribution in [3.8, 4) is 0 Å². The Kier molecular flexibility index (Phi) is 4.23. The normalized spacial score (nSPS) is 29.0. The lowest BCUT2D eigenvalue weighted by Gasteiger charge is -2.39. The Bertz CT molecular complexity index is 174. The molecule has 1 rings (SSSR count). The molecule has 13 heavy (non-hydrogen) atoms. The lowest BCUT2D eigenvalue weighted by Crippen LogP contribution is -2.47. The summed E-state index contributed by atoms with van der Waals surface area (Å²) in [5, 5.41) is 0.780. The van der Waals surface area contributed by atoms with Crippen molar-refractivity contribution in [1.29, 1.82) is 0 Å². The minimum atomic E-state index is 0.302. The number of halogens is 1. The first kappa shape index (κ1) is 11.0. The zero-order chi connectivity index (χ0) is 9.84. The summed E-state index contributed by atoms with van der Waals surface area (Å²) in [5.41, 5.74) is 0. The number of hydrogen-bond acceptors (Lipinski definition) is 1. The summed E-state index contributed by atoms with van der Waals surface area (Å²) in [6.07, 6.45) is 4.23. The summed E-state index contributed by atoms with van der Waals surface area (Å²) in [4.78, 5) is 13.8. The van der Waals surface area contributed by atoms with Crippen LogP contribution in [0, 0.1) is 0 Å². The molecule has 1 fully saturated rings. The molecule has 0 N–H and O–H groups in total. The molecule has 0 aliphatic carbocycles. The van der Waals surface area contributed by atoms with Crippen LogP contribution in [0.25, 0.3) is 0 Å². The van der Waals surface area contributed by atoms with E-state index in [0.717, 1.165) is 5.33 Å². The van der Waals surface area contributed by atoms with Gasteiger partial charge in [-0.25, -0.2) is 0 Å². The molecule has 0 saturated carbocycles. The van der Waals surface area contributed by atoms with E-state index >= 15 is 0 Å². The van der Waals surface area contributed by atoms with Gasteiger partial charge in [0.15, 0.2) is 0 Å². The lowest BCUT2D eigenvalue weighted by molar-refractivity contribution is -0.136. The zero-order valence-corrected chi connectivity index (χ0v) is 10.0. The van der Waals surface area contributed by atoms with Crippen LogP contribution in [0.2, 0.25) is 0 Å². The molecule has 1 amide bonds. The number of rotatable bonds is 2. The highest BCUT2D eigenvalue weighted by Crippen LogP contribution is 2.23. The fourth-order valence-electron chi connectivity index (χ4n) is 2.12. The summed E-state index contributed by atoms with van der Waals surface area (Å²) in [7, 11) is 0. The Morgan fingerprint density at radius 1 is 1.38 bits per heavy atom. The van der Waals surface area contributed by atoms with Crippen LogP contribution < -0.4 is 0 Å². The number of nitrogens with zero attached hydrogens (tertiary/aromatic N) is 1. The van der Waals surface area contributed by atoms with E-state index < -0.39 is 0 Å². The molecule has 76 valence electrons. The molecule has 0 aromatic heterocycles. The predicted molar refractivity (Wildman–Crippen MR) is 58.0 cm³/mol. The van der Waals surface area contributed by atoms with E-state index in [1.807, 2.05) is 0 Å². The molecule has 0 unspecified atom stereocenters. The number of alkyl halides is 1. The fourth-order valence-corrected chi connectivity index (χ4v) is 2.46. The Morgan fingerprint density at radius 2 is 1.92 bits per heavy atom. The summed E-state index contributed by atoms with van der Waals surface area (Å²) in [6.45, 7) is 4.31. The fraction of sp³-hybridized carbons (Fsp3) is 0.900. The molecule has 3 heteroatoms. The van der Waals surface area contributed by atoms with Gasteiger partial charge in [0, 0.05) is 23.8 Å². The van der Waals surface area contributed by atoms with Crippen LogP contribution in [0.5, 0.6) is 0 Å². The van der Waals surface area contributed by atoms with Crippen molar-refractivity contribution >= 4 is 21.8 Å². The summed E-state index contributed by atoms with van der Waals surface area (Å²) < 4.78 is 0. The molecule has 0 spiro atoms. The number of piperidine rings is 1. The second-order valence-corrected chi connectivity index (χ2v) is 4.66. The lowest BCUT2D eigenvalue weighted by atomic mass is 9.97. The van der Waals surface area contributed by atoms with Gasteiger partial charge in [-0.1, -0.05) is 15.9 Å². The second kappa shape index (κ2) is 4.99. The van der Waals surface area contributed by atoms with Gasteiger partial charge < -0.3 is 4.90 Å². The molecule has 1 aliphatic heterocycles. The minimum Gasteiger partial charge on any atom is -0.337 e. The third-order valence-corrected chi connectivity index (χ3v) is 3.19. The van der Waals surface area contributed by atoms with Crippen molar-refractivity contribution in [1.82, 2.24) is 4.90 Å². The highest BCUT2D eigenvalue weighted by atomic mass is 79.9. The maximum Gasteiger partial charge on any atom is 0.223 e. The Morgan fingerprint density at radius 3 is 2.38 bits per heavy atom. The first-order chi connectivity index (χ1) is 6.16. The minimum absolute atomic E-state index is 0.302.